The Hall–Kier alpha value is -1.29. The standard InChI is InChI=1S/C14H18BrN3/c1-9-7-10(2)14(12(15)8-9)17-11(3)13-5-6-16-18(13)4/h5-8,11,17H,1-4H3. The van der Waals surface area contributed by atoms with E-state index in [4.69, 9.17) is 0 Å². The summed E-state index contributed by atoms with van der Waals surface area (Å²) in [5.41, 5.74) is 4.82. The second kappa shape index (κ2) is 5.14. The largest absolute Gasteiger partial charge is 0.376 e. The first-order valence-corrected chi connectivity index (χ1v) is 6.79. The van der Waals surface area contributed by atoms with Gasteiger partial charge in [-0.3, -0.25) is 4.68 Å². The number of rotatable bonds is 3. The number of hydrogen-bond acceptors (Lipinski definition) is 2. The van der Waals surface area contributed by atoms with Gasteiger partial charge in [-0.25, -0.2) is 0 Å². The Kier molecular flexibility index (Phi) is 3.76. The van der Waals surface area contributed by atoms with Crippen molar-refractivity contribution in [1.82, 2.24) is 9.78 Å². The molecule has 4 heteroatoms. The maximum Gasteiger partial charge on any atom is 0.0654 e. The third kappa shape index (κ3) is 2.58. The van der Waals surface area contributed by atoms with Crippen molar-refractivity contribution < 1.29 is 0 Å². The normalized spacial score (nSPS) is 12.5. The lowest BCUT2D eigenvalue weighted by Crippen LogP contribution is -2.12. The molecule has 0 saturated heterocycles. The fourth-order valence-corrected chi connectivity index (χ4v) is 2.99. The van der Waals surface area contributed by atoms with Crippen LogP contribution in [0.25, 0.3) is 0 Å². The van der Waals surface area contributed by atoms with Crippen molar-refractivity contribution in [2.24, 2.45) is 7.05 Å². The fourth-order valence-electron chi connectivity index (χ4n) is 2.20. The van der Waals surface area contributed by atoms with Gasteiger partial charge in [0.25, 0.3) is 0 Å². The molecule has 3 nitrogen and oxygen atoms in total. The minimum absolute atomic E-state index is 0.218. The highest BCUT2D eigenvalue weighted by atomic mass is 79.9. The number of hydrogen-bond donors (Lipinski definition) is 1. The molecule has 1 heterocycles. The molecule has 1 aromatic carbocycles. The van der Waals surface area contributed by atoms with E-state index in [0.29, 0.717) is 0 Å². The highest BCUT2D eigenvalue weighted by Gasteiger charge is 2.12. The van der Waals surface area contributed by atoms with E-state index in [0.717, 1.165) is 10.2 Å². The van der Waals surface area contributed by atoms with E-state index >= 15 is 0 Å². The van der Waals surface area contributed by atoms with E-state index in [2.05, 4.69) is 59.2 Å². The summed E-state index contributed by atoms with van der Waals surface area (Å²) in [7, 11) is 1.96. The summed E-state index contributed by atoms with van der Waals surface area (Å²) in [5, 5.41) is 7.74. The fraction of sp³-hybridized carbons (Fsp3) is 0.357. The van der Waals surface area contributed by atoms with Crippen LogP contribution in [0.15, 0.2) is 28.9 Å². The SMILES string of the molecule is Cc1cc(C)c(NC(C)c2ccnn2C)c(Br)c1. The molecular formula is C14H18BrN3. The van der Waals surface area contributed by atoms with E-state index in [9.17, 15) is 0 Å². The van der Waals surface area contributed by atoms with Crippen molar-refractivity contribution in [3.05, 3.63) is 45.7 Å². The molecule has 0 spiro atoms. The summed E-state index contributed by atoms with van der Waals surface area (Å²) in [6, 6.07) is 6.57. The van der Waals surface area contributed by atoms with Crippen LogP contribution in [-0.4, -0.2) is 9.78 Å². The molecule has 0 aliphatic rings. The van der Waals surface area contributed by atoms with Gasteiger partial charge in [-0.15, -0.1) is 0 Å². The number of nitrogens with one attached hydrogen (secondary N) is 1. The number of anilines is 1. The molecule has 1 N–H and O–H groups in total. The zero-order valence-corrected chi connectivity index (χ0v) is 12.7. The molecule has 1 atom stereocenters. The highest BCUT2D eigenvalue weighted by Crippen LogP contribution is 2.30. The third-order valence-corrected chi connectivity index (χ3v) is 3.72. The van der Waals surface area contributed by atoms with Gasteiger partial charge in [0, 0.05) is 17.7 Å². The first-order chi connectivity index (χ1) is 8.49. The van der Waals surface area contributed by atoms with Gasteiger partial charge >= 0.3 is 0 Å². The first kappa shape index (κ1) is 13.1. The minimum Gasteiger partial charge on any atom is -0.376 e. The van der Waals surface area contributed by atoms with Gasteiger partial charge in [0.15, 0.2) is 0 Å². The highest BCUT2D eigenvalue weighted by molar-refractivity contribution is 9.10. The molecule has 0 aliphatic carbocycles. The second-order valence-electron chi connectivity index (χ2n) is 4.68. The lowest BCUT2D eigenvalue weighted by molar-refractivity contribution is 0.675. The van der Waals surface area contributed by atoms with Crippen LogP contribution >= 0.6 is 15.9 Å². The summed E-state index contributed by atoms with van der Waals surface area (Å²) in [4.78, 5) is 0. The molecule has 0 radical (unpaired) electrons. The molecule has 2 aromatic rings. The van der Waals surface area contributed by atoms with E-state index in [-0.39, 0.29) is 6.04 Å². The predicted molar refractivity (Wildman–Crippen MR) is 78.9 cm³/mol. The Morgan fingerprint density at radius 2 is 2.06 bits per heavy atom. The Bertz CT molecular complexity index is 537. The lowest BCUT2D eigenvalue weighted by atomic mass is 10.1. The molecule has 0 amide bonds. The van der Waals surface area contributed by atoms with Crippen molar-refractivity contribution in [2.75, 3.05) is 5.32 Å². The molecule has 18 heavy (non-hydrogen) atoms. The molecule has 1 aromatic heterocycles. The molecule has 1 unspecified atom stereocenters. The van der Waals surface area contributed by atoms with Gasteiger partial charge in [0.05, 0.1) is 17.4 Å². The van der Waals surface area contributed by atoms with E-state index in [1.165, 1.54) is 16.8 Å². The Balaban J connectivity index is 2.27. The average Bonchev–Trinajstić information content (AvgIpc) is 2.69. The minimum atomic E-state index is 0.218. The maximum absolute atomic E-state index is 4.20. The van der Waals surface area contributed by atoms with Crippen LogP contribution in [-0.2, 0) is 7.05 Å². The maximum atomic E-state index is 4.20. The van der Waals surface area contributed by atoms with Gasteiger partial charge in [0.1, 0.15) is 0 Å². The first-order valence-electron chi connectivity index (χ1n) is 6.00. The monoisotopic (exact) mass is 307 g/mol. The van der Waals surface area contributed by atoms with Crippen LogP contribution < -0.4 is 5.32 Å². The number of halogens is 1. The van der Waals surface area contributed by atoms with Crippen molar-refractivity contribution in [2.45, 2.75) is 26.8 Å². The van der Waals surface area contributed by atoms with E-state index in [1.54, 1.807) is 0 Å². The summed E-state index contributed by atoms with van der Waals surface area (Å²) >= 11 is 3.62. The van der Waals surface area contributed by atoms with Gasteiger partial charge in [-0.1, -0.05) is 6.07 Å². The molecule has 96 valence electrons. The average molecular weight is 308 g/mol. The van der Waals surface area contributed by atoms with E-state index in [1.807, 2.05) is 24.0 Å². The van der Waals surface area contributed by atoms with Crippen LogP contribution in [0.4, 0.5) is 5.69 Å². The van der Waals surface area contributed by atoms with Crippen LogP contribution in [0.3, 0.4) is 0 Å². The molecular weight excluding hydrogens is 290 g/mol. The molecule has 0 saturated carbocycles. The number of benzene rings is 1. The summed E-state index contributed by atoms with van der Waals surface area (Å²) in [6.07, 6.45) is 1.82. The van der Waals surface area contributed by atoms with Crippen LogP contribution in [0.5, 0.6) is 0 Å². The quantitative estimate of drug-likeness (QED) is 0.929. The van der Waals surface area contributed by atoms with Gasteiger partial charge < -0.3 is 5.32 Å². The molecule has 2 rings (SSSR count). The topological polar surface area (TPSA) is 29.9 Å². The van der Waals surface area contributed by atoms with Crippen molar-refractivity contribution in [3.8, 4) is 0 Å². The Morgan fingerprint density at radius 3 is 2.61 bits per heavy atom. The number of aryl methyl sites for hydroxylation is 3. The predicted octanol–water partition coefficient (Wildman–Crippen LogP) is 3.97. The summed E-state index contributed by atoms with van der Waals surface area (Å²) < 4.78 is 3.00. The summed E-state index contributed by atoms with van der Waals surface area (Å²) in [6.45, 7) is 6.37. The van der Waals surface area contributed by atoms with Crippen LogP contribution in [0, 0.1) is 13.8 Å². The van der Waals surface area contributed by atoms with E-state index < -0.39 is 0 Å². The Morgan fingerprint density at radius 1 is 1.33 bits per heavy atom. The van der Waals surface area contributed by atoms with Crippen molar-refractivity contribution in [3.63, 3.8) is 0 Å². The molecule has 0 bridgehead atoms. The van der Waals surface area contributed by atoms with Crippen molar-refractivity contribution >= 4 is 21.6 Å². The Labute approximate surface area is 116 Å². The lowest BCUT2D eigenvalue weighted by Gasteiger charge is -2.19. The zero-order valence-electron chi connectivity index (χ0n) is 11.2. The zero-order chi connectivity index (χ0) is 13.3. The smallest absolute Gasteiger partial charge is 0.0654 e. The van der Waals surface area contributed by atoms with Crippen molar-refractivity contribution in [1.29, 1.82) is 0 Å². The van der Waals surface area contributed by atoms with Crippen LogP contribution in [0.2, 0.25) is 0 Å². The molecule has 0 aliphatic heterocycles. The second-order valence-corrected chi connectivity index (χ2v) is 5.54. The number of nitrogens with zero attached hydrogens (tertiary/aromatic N) is 2. The van der Waals surface area contributed by atoms with Crippen LogP contribution in [0.1, 0.15) is 29.8 Å². The van der Waals surface area contributed by atoms with Gasteiger partial charge in [-0.05, 0) is 60.0 Å². The van der Waals surface area contributed by atoms with Gasteiger partial charge in [-0.2, -0.15) is 5.10 Å². The number of aromatic nitrogens is 2. The van der Waals surface area contributed by atoms with Gasteiger partial charge in [0.2, 0.25) is 0 Å². The molecule has 0 fully saturated rings. The summed E-state index contributed by atoms with van der Waals surface area (Å²) in [5.74, 6) is 0. The third-order valence-electron chi connectivity index (χ3n) is 3.10.